The average Bonchev–Trinajstić information content (AvgIpc) is 2.24. The molecule has 1 aromatic carbocycles. The fourth-order valence-electron chi connectivity index (χ4n) is 1.33. The molecule has 14 heavy (non-hydrogen) atoms. The van der Waals surface area contributed by atoms with Gasteiger partial charge in [0.05, 0.1) is 25.2 Å². The molecule has 0 aliphatic rings. The number of aromatic hydroxyl groups is 1. The van der Waals surface area contributed by atoms with Gasteiger partial charge < -0.3 is 20.4 Å². The van der Waals surface area contributed by atoms with Crippen molar-refractivity contribution < 1.29 is 20.4 Å². The van der Waals surface area contributed by atoms with Crippen molar-refractivity contribution in [3.8, 4) is 5.75 Å². The molecule has 1 aromatic rings. The third-order valence-corrected chi connectivity index (χ3v) is 2.38. The molecule has 0 aliphatic carbocycles. The highest BCUT2D eigenvalue weighted by Crippen LogP contribution is 2.30. The second-order valence-electron chi connectivity index (χ2n) is 3.27. The van der Waals surface area contributed by atoms with Crippen LogP contribution in [0.4, 0.5) is 0 Å². The maximum absolute atomic E-state index is 9.51. The van der Waals surface area contributed by atoms with Crippen LogP contribution in [0.2, 0.25) is 0 Å². The second kappa shape index (κ2) is 4.41. The van der Waals surface area contributed by atoms with E-state index in [1.165, 1.54) is 6.07 Å². The number of phenolic OH excluding ortho intramolecular Hbond substituents is 1. The van der Waals surface area contributed by atoms with Crippen molar-refractivity contribution in [2.45, 2.75) is 5.41 Å². The third kappa shape index (κ3) is 1.72. The lowest BCUT2D eigenvalue weighted by Crippen LogP contribution is -2.38. The van der Waals surface area contributed by atoms with E-state index in [9.17, 15) is 5.11 Å². The van der Waals surface area contributed by atoms with Crippen molar-refractivity contribution in [2.75, 3.05) is 19.8 Å². The maximum atomic E-state index is 9.51. The topological polar surface area (TPSA) is 80.9 Å². The molecule has 78 valence electrons. The van der Waals surface area contributed by atoms with Crippen LogP contribution < -0.4 is 0 Å². The van der Waals surface area contributed by atoms with E-state index < -0.39 is 25.2 Å². The number of rotatable bonds is 4. The minimum absolute atomic E-state index is 0.0374. The van der Waals surface area contributed by atoms with Gasteiger partial charge in [-0.2, -0.15) is 0 Å². The predicted molar refractivity (Wildman–Crippen MR) is 51.0 cm³/mol. The van der Waals surface area contributed by atoms with Gasteiger partial charge in [0.1, 0.15) is 5.75 Å². The highest BCUT2D eigenvalue weighted by molar-refractivity contribution is 5.39. The minimum atomic E-state index is -1.18. The number of phenols is 1. The Labute approximate surface area is 82.1 Å². The van der Waals surface area contributed by atoms with Crippen LogP contribution in [0.5, 0.6) is 5.75 Å². The Balaban J connectivity index is 3.17. The molecule has 4 nitrogen and oxygen atoms in total. The van der Waals surface area contributed by atoms with Crippen molar-refractivity contribution in [1.29, 1.82) is 0 Å². The monoisotopic (exact) mass is 198 g/mol. The molecule has 0 fully saturated rings. The first kappa shape index (κ1) is 11.0. The molecule has 0 saturated heterocycles. The first-order valence-electron chi connectivity index (χ1n) is 4.31. The normalized spacial score (nSPS) is 11.6. The van der Waals surface area contributed by atoms with Crippen LogP contribution in [0.15, 0.2) is 24.3 Å². The van der Waals surface area contributed by atoms with Crippen LogP contribution in [0.25, 0.3) is 0 Å². The Hall–Kier alpha value is -1.10. The molecular weight excluding hydrogens is 184 g/mol. The largest absolute Gasteiger partial charge is 0.508 e. The van der Waals surface area contributed by atoms with Crippen molar-refractivity contribution in [3.63, 3.8) is 0 Å². The van der Waals surface area contributed by atoms with Crippen LogP contribution in [-0.4, -0.2) is 40.2 Å². The van der Waals surface area contributed by atoms with E-state index in [4.69, 9.17) is 15.3 Å². The summed E-state index contributed by atoms with van der Waals surface area (Å²) in [7, 11) is 0. The molecule has 4 N–H and O–H groups in total. The van der Waals surface area contributed by atoms with Crippen molar-refractivity contribution in [3.05, 3.63) is 29.8 Å². The number of para-hydroxylation sites is 1. The molecule has 0 aliphatic heterocycles. The summed E-state index contributed by atoms with van der Waals surface area (Å²) in [5.41, 5.74) is -0.821. The summed E-state index contributed by atoms with van der Waals surface area (Å²) >= 11 is 0. The summed E-state index contributed by atoms with van der Waals surface area (Å²) in [5.74, 6) is -0.0374. The number of aliphatic hydroxyl groups excluding tert-OH is 3. The molecule has 0 atom stereocenters. The SMILES string of the molecule is OCC(CO)(CO)c1ccccc1O. The van der Waals surface area contributed by atoms with Gasteiger partial charge in [-0.1, -0.05) is 18.2 Å². The zero-order valence-corrected chi connectivity index (χ0v) is 7.72. The summed E-state index contributed by atoms with van der Waals surface area (Å²) in [5, 5.41) is 36.9. The highest BCUT2D eigenvalue weighted by Gasteiger charge is 2.32. The van der Waals surface area contributed by atoms with E-state index in [1.807, 2.05) is 0 Å². The lowest BCUT2D eigenvalue weighted by atomic mass is 9.82. The van der Waals surface area contributed by atoms with Gasteiger partial charge in [-0.15, -0.1) is 0 Å². The van der Waals surface area contributed by atoms with Crippen LogP contribution in [0.1, 0.15) is 5.56 Å². The molecule has 1 rings (SSSR count). The van der Waals surface area contributed by atoms with Gasteiger partial charge in [-0.3, -0.25) is 0 Å². The van der Waals surface area contributed by atoms with Gasteiger partial charge in [-0.25, -0.2) is 0 Å². The zero-order chi connectivity index (χ0) is 10.6. The number of benzene rings is 1. The lowest BCUT2D eigenvalue weighted by molar-refractivity contribution is 0.0624. The van der Waals surface area contributed by atoms with Crippen molar-refractivity contribution in [2.24, 2.45) is 0 Å². The summed E-state index contributed by atoms with van der Waals surface area (Å²) in [6, 6.07) is 6.32. The molecule has 0 aromatic heterocycles. The summed E-state index contributed by atoms with van der Waals surface area (Å²) in [6.45, 7) is -1.26. The quantitative estimate of drug-likeness (QED) is 0.531. The number of hydrogen-bond acceptors (Lipinski definition) is 4. The van der Waals surface area contributed by atoms with Crippen LogP contribution in [0.3, 0.4) is 0 Å². The lowest BCUT2D eigenvalue weighted by Gasteiger charge is -2.28. The van der Waals surface area contributed by atoms with Gasteiger partial charge >= 0.3 is 0 Å². The van der Waals surface area contributed by atoms with E-state index in [2.05, 4.69) is 0 Å². The van der Waals surface area contributed by atoms with E-state index in [1.54, 1.807) is 18.2 Å². The van der Waals surface area contributed by atoms with Gasteiger partial charge in [0.15, 0.2) is 0 Å². The Kier molecular flexibility index (Phi) is 3.46. The second-order valence-corrected chi connectivity index (χ2v) is 3.27. The van der Waals surface area contributed by atoms with Crippen LogP contribution in [-0.2, 0) is 5.41 Å². The first-order chi connectivity index (χ1) is 6.70. The number of hydrogen-bond donors (Lipinski definition) is 4. The van der Waals surface area contributed by atoms with Crippen LogP contribution >= 0.6 is 0 Å². The van der Waals surface area contributed by atoms with E-state index in [0.29, 0.717) is 5.56 Å². The van der Waals surface area contributed by atoms with Gasteiger partial charge in [0.2, 0.25) is 0 Å². The fourth-order valence-corrected chi connectivity index (χ4v) is 1.33. The standard InChI is InChI=1S/C10H14O4/c11-5-10(6-12,7-13)8-3-1-2-4-9(8)14/h1-4,11-14H,5-7H2. The molecule has 4 heteroatoms. The van der Waals surface area contributed by atoms with Crippen molar-refractivity contribution in [1.82, 2.24) is 0 Å². The highest BCUT2D eigenvalue weighted by atomic mass is 16.3. The molecule has 0 radical (unpaired) electrons. The molecular formula is C10H14O4. The Morgan fingerprint density at radius 3 is 1.86 bits per heavy atom. The summed E-state index contributed by atoms with van der Waals surface area (Å²) in [6.07, 6.45) is 0. The minimum Gasteiger partial charge on any atom is -0.508 e. The molecule has 0 saturated carbocycles. The smallest absolute Gasteiger partial charge is 0.119 e. The summed E-state index contributed by atoms with van der Waals surface area (Å²) in [4.78, 5) is 0. The van der Waals surface area contributed by atoms with E-state index in [0.717, 1.165) is 0 Å². The Morgan fingerprint density at radius 1 is 0.929 bits per heavy atom. The van der Waals surface area contributed by atoms with Crippen LogP contribution in [0, 0.1) is 0 Å². The fraction of sp³-hybridized carbons (Fsp3) is 0.400. The predicted octanol–water partition coefficient (Wildman–Crippen LogP) is -0.393. The Bertz CT molecular complexity index is 286. The van der Waals surface area contributed by atoms with E-state index >= 15 is 0 Å². The number of aliphatic hydroxyl groups is 3. The van der Waals surface area contributed by atoms with Gasteiger partial charge in [-0.05, 0) is 6.07 Å². The third-order valence-electron chi connectivity index (χ3n) is 2.38. The average molecular weight is 198 g/mol. The maximum Gasteiger partial charge on any atom is 0.119 e. The molecule has 0 spiro atoms. The first-order valence-corrected chi connectivity index (χ1v) is 4.31. The van der Waals surface area contributed by atoms with Gasteiger partial charge in [0, 0.05) is 5.56 Å². The Morgan fingerprint density at radius 2 is 1.43 bits per heavy atom. The zero-order valence-electron chi connectivity index (χ0n) is 7.72. The summed E-state index contributed by atoms with van der Waals surface area (Å²) < 4.78 is 0. The van der Waals surface area contributed by atoms with Crippen molar-refractivity contribution >= 4 is 0 Å². The molecule has 0 amide bonds. The van der Waals surface area contributed by atoms with Gasteiger partial charge in [0.25, 0.3) is 0 Å². The molecule has 0 bridgehead atoms. The molecule has 0 heterocycles. The van der Waals surface area contributed by atoms with E-state index in [-0.39, 0.29) is 5.75 Å². The molecule has 0 unspecified atom stereocenters.